The average molecular weight is 472 g/mol. The molecule has 2 amide bonds. The zero-order valence-corrected chi connectivity index (χ0v) is 18.5. The molecule has 0 saturated carbocycles. The molecular formula is C19H22BrNO6S. The first-order chi connectivity index (χ1) is 13.3. The summed E-state index contributed by atoms with van der Waals surface area (Å²) in [6.45, 7) is 7.54. The van der Waals surface area contributed by atoms with Crippen molar-refractivity contribution in [1.29, 1.82) is 0 Å². The molecule has 0 bridgehead atoms. The van der Waals surface area contributed by atoms with E-state index in [4.69, 9.17) is 14.2 Å². The van der Waals surface area contributed by atoms with Gasteiger partial charge in [-0.15, -0.1) is 0 Å². The number of carbonyl (C=O) groups is 3. The number of halogens is 1. The summed E-state index contributed by atoms with van der Waals surface area (Å²) >= 11 is 4.34. The third-order valence-electron chi connectivity index (χ3n) is 3.64. The Labute approximate surface area is 176 Å². The van der Waals surface area contributed by atoms with Crippen molar-refractivity contribution in [1.82, 2.24) is 4.90 Å². The summed E-state index contributed by atoms with van der Waals surface area (Å²) in [4.78, 5) is 37.6. The summed E-state index contributed by atoms with van der Waals surface area (Å²) < 4.78 is 16.6. The molecule has 28 heavy (non-hydrogen) atoms. The van der Waals surface area contributed by atoms with Crippen LogP contribution in [-0.2, 0) is 14.3 Å². The van der Waals surface area contributed by atoms with E-state index in [0.717, 1.165) is 11.8 Å². The summed E-state index contributed by atoms with van der Waals surface area (Å²) in [5.41, 5.74) is 0.654. The molecule has 0 spiro atoms. The lowest BCUT2D eigenvalue weighted by molar-refractivity contribution is -0.145. The minimum absolute atomic E-state index is 0.209. The fourth-order valence-electron chi connectivity index (χ4n) is 2.45. The van der Waals surface area contributed by atoms with Crippen LogP contribution in [0.25, 0.3) is 6.08 Å². The number of benzene rings is 1. The third-order valence-corrected chi connectivity index (χ3v) is 5.21. The fourth-order valence-corrected chi connectivity index (χ4v) is 3.84. The van der Waals surface area contributed by atoms with Gasteiger partial charge in [0, 0.05) is 10.5 Å². The van der Waals surface area contributed by atoms with Crippen LogP contribution >= 0.6 is 27.7 Å². The molecule has 1 aromatic rings. The molecular weight excluding hydrogens is 450 g/mol. The number of ether oxygens (including phenoxy) is 3. The summed E-state index contributed by atoms with van der Waals surface area (Å²) in [7, 11) is 0. The maximum absolute atomic E-state index is 12.5. The van der Waals surface area contributed by atoms with Crippen LogP contribution < -0.4 is 9.47 Å². The van der Waals surface area contributed by atoms with Crippen LogP contribution in [0.5, 0.6) is 11.5 Å². The first-order valence-electron chi connectivity index (χ1n) is 8.80. The van der Waals surface area contributed by atoms with Gasteiger partial charge in [0.05, 0.1) is 18.1 Å². The van der Waals surface area contributed by atoms with E-state index in [1.807, 2.05) is 6.92 Å². The Kier molecular flexibility index (Phi) is 7.94. The molecule has 0 unspecified atom stereocenters. The van der Waals surface area contributed by atoms with Crippen LogP contribution in [0.4, 0.5) is 4.79 Å². The van der Waals surface area contributed by atoms with E-state index in [2.05, 4.69) is 15.9 Å². The van der Waals surface area contributed by atoms with Gasteiger partial charge in [-0.1, -0.05) is 15.9 Å². The monoisotopic (exact) mass is 471 g/mol. The Hall–Kier alpha value is -2.00. The van der Waals surface area contributed by atoms with Gasteiger partial charge in [-0.3, -0.25) is 14.5 Å². The van der Waals surface area contributed by atoms with Gasteiger partial charge in [-0.25, -0.2) is 4.79 Å². The molecule has 1 aromatic carbocycles. The van der Waals surface area contributed by atoms with Crippen LogP contribution in [0.2, 0.25) is 0 Å². The van der Waals surface area contributed by atoms with Gasteiger partial charge >= 0.3 is 5.97 Å². The molecule has 1 fully saturated rings. The Morgan fingerprint density at radius 3 is 2.43 bits per heavy atom. The number of thioether (sulfide) groups is 1. The number of carbonyl (C=O) groups excluding carboxylic acids is 3. The molecule has 0 aromatic heterocycles. The van der Waals surface area contributed by atoms with Gasteiger partial charge in [0.15, 0.2) is 18.1 Å². The highest BCUT2D eigenvalue weighted by atomic mass is 79.9. The molecule has 1 aliphatic heterocycles. The molecule has 1 saturated heterocycles. The van der Waals surface area contributed by atoms with Crippen LogP contribution in [0.1, 0.15) is 33.3 Å². The SMILES string of the molecule is CCOC(=O)COc1cc(Br)c(/C=C2/SC(=O)N(C(C)C)C2=O)cc1OCC. The van der Waals surface area contributed by atoms with Crippen molar-refractivity contribution in [2.24, 2.45) is 0 Å². The molecule has 2 rings (SSSR count). The highest BCUT2D eigenvalue weighted by molar-refractivity contribution is 9.10. The lowest BCUT2D eigenvalue weighted by Crippen LogP contribution is -2.34. The van der Waals surface area contributed by atoms with Crippen molar-refractivity contribution in [3.8, 4) is 11.5 Å². The van der Waals surface area contributed by atoms with E-state index in [1.54, 1.807) is 39.0 Å². The van der Waals surface area contributed by atoms with Gasteiger partial charge in [-0.2, -0.15) is 0 Å². The van der Waals surface area contributed by atoms with Crippen molar-refractivity contribution >= 4 is 50.9 Å². The first kappa shape index (κ1) is 22.3. The summed E-state index contributed by atoms with van der Waals surface area (Å²) in [6.07, 6.45) is 1.63. The fraction of sp³-hybridized carbons (Fsp3) is 0.421. The van der Waals surface area contributed by atoms with Crippen LogP contribution in [-0.4, -0.2) is 47.9 Å². The zero-order chi connectivity index (χ0) is 20.8. The number of esters is 1. The molecule has 0 radical (unpaired) electrons. The van der Waals surface area contributed by atoms with Gasteiger partial charge in [0.25, 0.3) is 11.1 Å². The van der Waals surface area contributed by atoms with E-state index >= 15 is 0 Å². The minimum atomic E-state index is -0.479. The molecule has 1 aliphatic rings. The molecule has 0 N–H and O–H groups in total. The highest BCUT2D eigenvalue weighted by Gasteiger charge is 2.36. The van der Waals surface area contributed by atoms with Gasteiger partial charge in [0.2, 0.25) is 0 Å². The van der Waals surface area contributed by atoms with E-state index in [0.29, 0.717) is 33.0 Å². The number of hydrogen-bond donors (Lipinski definition) is 0. The predicted octanol–water partition coefficient (Wildman–Crippen LogP) is 4.23. The second-order valence-corrected chi connectivity index (χ2v) is 7.84. The topological polar surface area (TPSA) is 82.1 Å². The van der Waals surface area contributed by atoms with Gasteiger partial charge < -0.3 is 14.2 Å². The molecule has 152 valence electrons. The summed E-state index contributed by atoms with van der Waals surface area (Å²) in [5.74, 6) is -0.0106. The van der Waals surface area contributed by atoms with Crippen molar-refractivity contribution in [3.05, 3.63) is 27.1 Å². The number of imide groups is 1. The van der Waals surface area contributed by atoms with E-state index in [-0.39, 0.29) is 30.4 Å². The standard InChI is InChI=1S/C19H22BrNO6S/c1-5-25-14-7-12(8-16-18(23)21(11(3)4)19(24)28-16)13(20)9-15(14)27-10-17(22)26-6-2/h7-9,11H,5-6,10H2,1-4H3/b16-8+. The second kappa shape index (κ2) is 9.97. The Morgan fingerprint density at radius 2 is 1.86 bits per heavy atom. The Bertz CT molecular complexity index is 808. The van der Waals surface area contributed by atoms with E-state index < -0.39 is 5.97 Å². The van der Waals surface area contributed by atoms with Crippen molar-refractivity contribution in [2.75, 3.05) is 19.8 Å². The highest BCUT2D eigenvalue weighted by Crippen LogP contribution is 2.38. The number of hydrogen-bond acceptors (Lipinski definition) is 7. The number of rotatable bonds is 8. The molecule has 0 aliphatic carbocycles. The lowest BCUT2D eigenvalue weighted by atomic mass is 10.1. The third kappa shape index (κ3) is 5.29. The molecule has 1 heterocycles. The van der Waals surface area contributed by atoms with E-state index in [9.17, 15) is 14.4 Å². The van der Waals surface area contributed by atoms with Gasteiger partial charge in [-0.05, 0) is 63.2 Å². The molecule has 7 nitrogen and oxygen atoms in total. The summed E-state index contributed by atoms with van der Waals surface area (Å²) in [6, 6.07) is 3.14. The van der Waals surface area contributed by atoms with Crippen molar-refractivity contribution in [3.63, 3.8) is 0 Å². The predicted molar refractivity (Wildman–Crippen MR) is 110 cm³/mol. The quantitative estimate of drug-likeness (QED) is 0.414. The van der Waals surface area contributed by atoms with Gasteiger partial charge in [0.1, 0.15) is 0 Å². The molecule has 9 heteroatoms. The largest absolute Gasteiger partial charge is 0.490 e. The summed E-state index contributed by atoms with van der Waals surface area (Å²) in [5, 5.41) is -0.290. The Balaban J connectivity index is 2.31. The second-order valence-electron chi connectivity index (χ2n) is 5.99. The average Bonchev–Trinajstić information content (AvgIpc) is 2.90. The molecule has 0 atom stereocenters. The number of nitrogens with zero attached hydrogens (tertiary/aromatic N) is 1. The van der Waals surface area contributed by atoms with Crippen LogP contribution in [0.3, 0.4) is 0 Å². The maximum atomic E-state index is 12.5. The smallest absolute Gasteiger partial charge is 0.344 e. The normalized spacial score (nSPS) is 15.5. The minimum Gasteiger partial charge on any atom is -0.490 e. The van der Waals surface area contributed by atoms with Crippen LogP contribution in [0, 0.1) is 0 Å². The Morgan fingerprint density at radius 1 is 1.18 bits per heavy atom. The lowest BCUT2D eigenvalue weighted by Gasteiger charge is -2.16. The maximum Gasteiger partial charge on any atom is 0.344 e. The van der Waals surface area contributed by atoms with E-state index in [1.165, 1.54) is 4.90 Å². The van der Waals surface area contributed by atoms with Crippen molar-refractivity contribution < 1.29 is 28.6 Å². The zero-order valence-electron chi connectivity index (χ0n) is 16.1. The van der Waals surface area contributed by atoms with Crippen LogP contribution in [0.15, 0.2) is 21.5 Å². The van der Waals surface area contributed by atoms with Crippen molar-refractivity contribution in [2.45, 2.75) is 33.7 Å². The first-order valence-corrected chi connectivity index (χ1v) is 10.4. The number of amides is 2.